The maximum atomic E-state index is 11.5. The Kier molecular flexibility index (Phi) is 4.18. The Morgan fingerprint density at radius 2 is 2.00 bits per heavy atom. The first-order valence-electron chi connectivity index (χ1n) is 4.78. The Balaban J connectivity index is 2.67. The largest absolute Gasteiger partial charge is 0.539 e. The lowest BCUT2D eigenvalue weighted by Crippen LogP contribution is -2.29. The van der Waals surface area contributed by atoms with Gasteiger partial charge in [-0.2, -0.15) is 0 Å². The van der Waals surface area contributed by atoms with Crippen molar-refractivity contribution in [1.29, 1.82) is 0 Å². The van der Waals surface area contributed by atoms with Crippen molar-refractivity contribution in [3.63, 3.8) is 0 Å². The van der Waals surface area contributed by atoms with Crippen molar-refractivity contribution in [2.45, 2.75) is 19.9 Å². The topological polar surface area (TPSA) is 58.6 Å². The van der Waals surface area contributed by atoms with Gasteiger partial charge in [-0.25, -0.2) is 0 Å². The average molecular weight is 207 g/mol. The molecule has 4 nitrogen and oxygen atoms in total. The van der Waals surface area contributed by atoms with Gasteiger partial charge in [0.05, 0.1) is 0 Å². The van der Waals surface area contributed by atoms with E-state index in [1.165, 1.54) is 0 Å². The molecule has 1 amide bonds. The van der Waals surface area contributed by atoms with Crippen molar-refractivity contribution in [1.82, 2.24) is 5.32 Å². The van der Waals surface area contributed by atoms with Gasteiger partial charge in [0.25, 0.3) is 5.91 Å². The fraction of sp³-hybridized carbons (Fsp3) is 0.300. The monoisotopic (exact) mass is 207 g/mol. The number of nitrogens with one attached hydrogen (secondary N) is 1. The molecule has 0 saturated carbocycles. The molecular weight excluding hydrogens is 193 g/mol. The van der Waals surface area contributed by atoms with Gasteiger partial charge >= 0.3 is 7.69 Å². The van der Waals surface area contributed by atoms with Crippen LogP contribution in [0.25, 0.3) is 0 Å². The number of hydrogen-bond donors (Lipinski definition) is 2. The van der Waals surface area contributed by atoms with Crippen LogP contribution in [-0.2, 0) is 0 Å². The first-order chi connectivity index (χ1) is 7.13. The van der Waals surface area contributed by atoms with Crippen LogP contribution in [-0.4, -0.2) is 24.7 Å². The van der Waals surface area contributed by atoms with Gasteiger partial charge < -0.3 is 15.0 Å². The minimum absolute atomic E-state index is 0.111. The lowest BCUT2D eigenvalue weighted by molar-refractivity contribution is 0.0943. The van der Waals surface area contributed by atoms with E-state index in [1.807, 2.05) is 13.8 Å². The van der Waals surface area contributed by atoms with Gasteiger partial charge in [0, 0.05) is 11.6 Å². The van der Waals surface area contributed by atoms with Gasteiger partial charge in [-0.15, -0.1) is 0 Å². The molecular formula is C10H14BNO3. The third-order valence-electron chi connectivity index (χ3n) is 1.77. The van der Waals surface area contributed by atoms with E-state index in [2.05, 4.69) is 5.32 Å². The lowest BCUT2D eigenvalue weighted by atomic mass is 10.2. The van der Waals surface area contributed by atoms with E-state index < -0.39 is 0 Å². The van der Waals surface area contributed by atoms with Gasteiger partial charge in [0.2, 0.25) is 0 Å². The predicted octanol–water partition coefficient (Wildman–Crippen LogP) is 0.462. The molecule has 0 fully saturated rings. The summed E-state index contributed by atoms with van der Waals surface area (Å²) in [4.78, 5) is 11.5. The van der Waals surface area contributed by atoms with Crippen LogP contribution in [0.4, 0.5) is 0 Å². The first-order valence-corrected chi connectivity index (χ1v) is 4.78. The Morgan fingerprint density at radius 3 is 2.47 bits per heavy atom. The van der Waals surface area contributed by atoms with Crippen molar-refractivity contribution in [3.05, 3.63) is 29.8 Å². The summed E-state index contributed by atoms with van der Waals surface area (Å²) < 4.78 is 4.85. The van der Waals surface area contributed by atoms with Crippen molar-refractivity contribution in [2.75, 3.05) is 0 Å². The Hall–Kier alpha value is -1.49. The quantitative estimate of drug-likeness (QED) is 0.705. The Labute approximate surface area is 89.6 Å². The number of benzene rings is 1. The number of carbonyl (C=O) groups excluding carboxylic acids is 1. The summed E-state index contributed by atoms with van der Waals surface area (Å²) in [6.45, 7) is 3.81. The van der Waals surface area contributed by atoms with Crippen molar-refractivity contribution in [3.8, 4) is 5.75 Å². The molecule has 0 aliphatic carbocycles. The highest BCUT2D eigenvalue weighted by atomic mass is 16.5. The second-order valence-electron chi connectivity index (χ2n) is 3.43. The highest BCUT2D eigenvalue weighted by Gasteiger charge is 2.06. The zero-order valence-electron chi connectivity index (χ0n) is 8.86. The van der Waals surface area contributed by atoms with Crippen molar-refractivity contribution < 1.29 is 14.5 Å². The Bertz CT molecular complexity index is 324. The zero-order valence-corrected chi connectivity index (χ0v) is 8.86. The normalized spacial score (nSPS) is 9.87. The van der Waals surface area contributed by atoms with Crippen molar-refractivity contribution >= 4 is 13.6 Å². The summed E-state index contributed by atoms with van der Waals surface area (Å²) >= 11 is 0. The molecule has 0 aromatic heterocycles. The third kappa shape index (κ3) is 3.63. The highest BCUT2D eigenvalue weighted by molar-refractivity contribution is 6.17. The predicted molar refractivity (Wildman–Crippen MR) is 59.0 cm³/mol. The second-order valence-corrected chi connectivity index (χ2v) is 3.43. The second kappa shape index (κ2) is 5.41. The highest BCUT2D eigenvalue weighted by Crippen LogP contribution is 2.11. The van der Waals surface area contributed by atoms with E-state index in [1.54, 1.807) is 24.3 Å². The van der Waals surface area contributed by atoms with Crippen LogP contribution in [0.5, 0.6) is 5.75 Å². The summed E-state index contributed by atoms with van der Waals surface area (Å²) in [5.41, 5.74) is 0.578. The van der Waals surface area contributed by atoms with E-state index in [4.69, 9.17) is 9.68 Å². The van der Waals surface area contributed by atoms with Gasteiger partial charge in [-0.05, 0) is 38.1 Å². The van der Waals surface area contributed by atoms with Crippen LogP contribution in [0.15, 0.2) is 24.3 Å². The molecule has 1 rings (SSSR count). The summed E-state index contributed by atoms with van der Waals surface area (Å²) in [5, 5.41) is 11.3. The average Bonchev–Trinajstić information content (AvgIpc) is 2.18. The van der Waals surface area contributed by atoms with Crippen LogP contribution in [0.3, 0.4) is 0 Å². The van der Waals surface area contributed by atoms with Crippen molar-refractivity contribution in [2.24, 2.45) is 0 Å². The minimum atomic E-state index is -0.364. The molecule has 0 aliphatic rings. The molecule has 0 saturated heterocycles. The van der Waals surface area contributed by atoms with Crippen LogP contribution in [0, 0.1) is 0 Å². The van der Waals surface area contributed by atoms with Gasteiger partial charge in [-0.1, -0.05) is 0 Å². The van der Waals surface area contributed by atoms with Crippen LogP contribution in [0.2, 0.25) is 0 Å². The van der Waals surface area contributed by atoms with E-state index in [-0.39, 0.29) is 19.6 Å². The summed E-state index contributed by atoms with van der Waals surface area (Å²) in [5.74, 6) is 0.430. The SMILES string of the molecule is CC(C)NC(=O)c1ccc(OBO)cc1. The smallest absolute Gasteiger partial charge is 0.504 e. The van der Waals surface area contributed by atoms with E-state index in [0.29, 0.717) is 11.3 Å². The third-order valence-corrected chi connectivity index (χ3v) is 1.77. The van der Waals surface area contributed by atoms with Crippen LogP contribution < -0.4 is 9.97 Å². The summed E-state index contributed by atoms with van der Waals surface area (Å²) in [7, 11) is -0.364. The first kappa shape index (κ1) is 11.6. The molecule has 0 bridgehead atoms. The number of rotatable bonds is 4. The molecule has 0 atom stereocenters. The molecule has 1 aromatic rings. The molecule has 80 valence electrons. The molecule has 0 radical (unpaired) electrons. The lowest BCUT2D eigenvalue weighted by Gasteiger charge is -2.08. The molecule has 0 heterocycles. The van der Waals surface area contributed by atoms with E-state index >= 15 is 0 Å². The maximum absolute atomic E-state index is 11.5. The zero-order chi connectivity index (χ0) is 11.3. The van der Waals surface area contributed by atoms with Crippen LogP contribution in [0.1, 0.15) is 24.2 Å². The van der Waals surface area contributed by atoms with E-state index in [0.717, 1.165) is 0 Å². The molecule has 0 aliphatic heterocycles. The Morgan fingerprint density at radius 1 is 1.40 bits per heavy atom. The minimum Gasteiger partial charge on any atom is -0.539 e. The van der Waals surface area contributed by atoms with Gasteiger partial charge in [0.1, 0.15) is 5.75 Å². The van der Waals surface area contributed by atoms with Gasteiger partial charge in [-0.3, -0.25) is 4.79 Å². The number of amides is 1. The van der Waals surface area contributed by atoms with Crippen LogP contribution >= 0.6 is 0 Å². The number of hydrogen-bond acceptors (Lipinski definition) is 3. The summed E-state index contributed by atoms with van der Waals surface area (Å²) in [6.07, 6.45) is 0. The standard InChI is InChI=1S/C10H14BNO3/c1-7(2)12-10(13)8-3-5-9(6-4-8)15-11-14/h3-7,11,14H,1-2H3,(H,12,13). The molecule has 2 N–H and O–H groups in total. The maximum Gasteiger partial charge on any atom is 0.504 e. The van der Waals surface area contributed by atoms with Gasteiger partial charge in [0.15, 0.2) is 0 Å². The fourth-order valence-electron chi connectivity index (χ4n) is 1.12. The molecule has 0 spiro atoms. The summed E-state index contributed by atoms with van der Waals surface area (Å²) in [6, 6.07) is 6.72. The molecule has 1 aromatic carbocycles. The van der Waals surface area contributed by atoms with E-state index in [9.17, 15) is 4.79 Å². The molecule has 15 heavy (non-hydrogen) atoms. The molecule has 0 unspecified atom stereocenters. The fourth-order valence-corrected chi connectivity index (χ4v) is 1.12. The molecule has 5 heteroatoms. The number of carbonyl (C=O) groups is 1.